The van der Waals surface area contributed by atoms with Crippen molar-refractivity contribution in [1.29, 1.82) is 0 Å². The molecule has 1 heterocycles. The standard InChI is InChI=1S/C10H7FN2O/c1-3-8-6-4-7(11)10(14-2)5-9(6)13-12-8/h1,4-5H,2H3,(H,12,13). The van der Waals surface area contributed by atoms with E-state index in [-0.39, 0.29) is 5.75 Å². The summed E-state index contributed by atoms with van der Waals surface area (Å²) in [6.07, 6.45) is 5.21. The first kappa shape index (κ1) is 8.57. The molecule has 1 aromatic carbocycles. The molecule has 2 rings (SSSR count). The minimum Gasteiger partial charge on any atom is -0.494 e. The van der Waals surface area contributed by atoms with Gasteiger partial charge in [-0.3, -0.25) is 5.10 Å². The topological polar surface area (TPSA) is 37.9 Å². The molecular weight excluding hydrogens is 183 g/mol. The Morgan fingerprint density at radius 1 is 1.57 bits per heavy atom. The van der Waals surface area contributed by atoms with E-state index in [1.807, 2.05) is 0 Å². The van der Waals surface area contributed by atoms with Crippen LogP contribution in [0.2, 0.25) is 0 Å². The fourth-order valence-electron chi connectivity index (χ4n) is 1.28. The first-order valence-corrected chi connectivity index (χ1v) is 3.94. The highest BCUT2D eigenvalue weighted by atomic mass is 19.1. The number of hydrogen-bond donors (Lipinski definition) is 1. The monoisotopic (exact) mass is 190 g/mol. The lowest BCUT2D eigenvalue weighted by atomic mass is 10.2. The molecule has 1 N–H and O–H groups in total. The van der Waals surface area contributed by atoms with E-state index in [4.69, 9.17) is 11.2 Å². The van der Waals surface area contributed by atoms with Crippen LogP contribution < -0.4 is 4.74 Å². The van der Waals surface area contributed by atoms with Gasteiger partial charge in [0.25, 0.3) is 0 Å². The van der Waals surface area contributed by atoms with Gasteiger partial charge in [0.1, 0.15) is 5.69 Å². The van der Waals surface area contributed by atoms with E-state index in [0.29, 0.717) is 16.6 Å². The molecule has 0 aliphatic rings. The number of rotatable bonds is 1. The Bertz CT molecular complexity index is 525. The second-order valence-electron chi connectivity index (χ2n) is 2.75. The number of terminal acetylenes is 1. The summed E-state index contributed by atoms with van der Waals surface area (Å²) in [5.41, 5.74) is 1.07. The maximum Gasteiger partial charge on any atom is 0.165 e. The Balaban J connectivity index is 2.77. The smallest absolute Gasteiger partial charge is 0.165 e. The number of nitrogens with zero attached hydrogens (tertiary/aromatic N) is 1. The lowest BCUT2D eigenvalue weighted by molar-refractivity contribution is 0.387. The lowest BCUT2D eigenvalue weighted by Crippen LogP contribution is -1.87. The van der Waals surface area contributed by atoms with Crippen LogP contribution in [-0.2, 0) is 0 Å². The summed E-state index contributed by atoms with van der Waals surface area (Å²) < 4.78 is 18.1. The fraction of sp³-hybridized carbons (Fsp3) is 0.100. The molecule has 0 saturated carbocycles. The van der Waals surface area contributed by atoms with Crippen LogP contribution in [0.4, 0.5) is 4.39 Å². The van der Waals surface area contributed by atoms with Gasteiger partial charge in [-0.25, -0.2) is 4.39 Å². The van der Waals surface area contributed by atoms with Crippen LogP contribution in [0.15, 0.2) is 12.1 Å². The van der Waals surface area contributed by atoms with Gasteiger partial charge < -0.3 is 4.74 Å². The largest absolute Gasteiger partial charge is 0.494 e. The van der Waals surface area contributed by atoms with Gasteiger partial charge in [-0.15, -0.1) is 6.42 Å². The first-order chi connectivity index (χ1) is 6.76. The van der Waals surface area contributed by atoms with E-state index >= 15 is 0 Å². The zero-order chi connectivity index (χ0) is 10.1. The summed E-state index contributed by atoms with van der Waals surface area (Å²) in [4.78, 5) is 0. The number of benzene rings is 1. The average Bonchev–Trinajstić information content (AvgIpc) is 2.58. The summed E-state index contributed by atoms with van der Waals surface area (Å²) in [6, 6.07) is 2.81. The lowest BCUT2D eigenvalue weighted by Gasteiger charge is -2.00. The minimum absolute atomic E-state index is 0.160. The summed E-state index contributed by atoms with van der Waals surface area (Å²) in [6.45, 7) is 0. The van der Waals surface area contributed by atoms with Crippen LogP contribution >= 0.6 is 0 Å². The van der Waals surface area contributed by atoms with Crippen molar-refractivity contribution in [2.24, 2.45) is 0 Å². The number of H-pyrrole nitrogens is 1. The molecule has 0 fully saturated rings. The molecule has 0 aliphatic carbocycles. The van der Waals surface area contributed by atoms with Crippen LogP contribution in [0.25, 0.3) is 10.9 Å². The van der Waals surface area contributed by atoms with Gasteiger partial charge in [-0.1, -0.05) is 5.92 Å². The summed E-state index contributed by atoms with van der Waals surface area (Å²) in [5.74, 6) is 2.10. The third kappa shape index (κ3) is 1.11. The molecule has 0 unspecified atom stereocenters. The van der Waals surface area contributed by atoms with Crippen molar-refractivity contribution in [3.05, 3.63) is 23.6 Å². The Hall–Kier alpha value is -2.02. The normalized spacial score (nSPS) is 10.1. The molecule has 0 radical (unpaired) electrons. The molecular formula is C10H7FN2O. The van der Waals surface area contributed by atoms with Gasteiger partial charge in [-0.05, 0) is 6.07 Å². The Morgan fingerprint density at radius 3 is 3.00 bits per heavy atom. The fourth-order valence-corrected chi connectivity index (χ4v) is 1.28. The van der Waals surface area contributed by atoms with E-state index in [1.54, 1.807) is 0 Å². The molecule has 0 saturated heterocycles. The highest BCUT2D eigenvalue weighted by Crippen LogP contribution is 2.24. The van der Waals surface area contributed by atoms with Crippen LogP contribution in [0.3, 0.4) is 0 Å². The number of nitrogens with one attached hydrogen (secondary N) is 1. The maximum atomic E-state index is 13.3. The zero-order valence-electron chi connectivity index (χ0n) is 7.47. The van der Waals surface area contributed by atoms with Crippen LogP contribution in [0.1, 0.15) is 5.69 Å². The molecule has 14 heavy (non-hydrogen) atoms. The summed E-state index contributed by atoms with van der Waals surface area (Å²) in [5, 5.41) is 7.15. The Morgan fingerprint density at radius 2 is 2.36 bits per heavy atom. The number of fused-ring (bicyclic) bond motifs is 1. The van der Waals surface area contributed by atoms with Crippen LogP contribution in [0.5, 0.6) is 5.75 Å². The highest BCUT2D eigenvalue weighted by molar-refractivity contribution is 5.85. The molecule has 0 atom stereocenters. The Labute approximate surface area is 79.9 Å². The number of halogens is 1. The molecule has 4 heteroatoms. The zero-order valence-corrected chi connectivity index (χ0v) is 7.47. The number of methoxy groups -OCH3 is 1. The highest BCUT2D eigenvalue weighted by Gasteiger charge is 2.09. The molecule has 70 valence electrons. The van der Waals surface area contributed by atoms with Crippen molar-refractivity contribution in [2.45, 2.75) is 0 Å². The third-order valence-electron chi connectivity index (χ3n) is 1.97. The molecule has 1 aromatic heterocycles. The van der Waals surface area contributed by atoms with Crippen molar-refractivity contribution in [3.63, 3.8) is 0 Å². The van der Waals surface area contributed by atoms with Gasteiger partial charge in [0, 0.05) is 11.5 Å². The van der Waals surface area contributed by atoms with E-state index in [2.05, 4.69) is 16.1 Å². The molecule has 0 bridgehead atoms. The number of aromatic amines is 1. The van der Waals surface area contributed by atoms with Crippen LogP contribution in [0, 0.1) is 18.2 Å². The van der Waals surface area contributed by atoms with Crippen molar-refractivity contribution in [1.82, 2.24) is 10.2 Å². The summed E-state index contributed by atoms with van der Waals surface area (Å²) in [7, 11) is 1.40. The van der Waals surface area contributed by atoms with Gasteiger partial charge in [-0.2, -0.15) is 5.10 Å². The van der Waals surface area contributed by atoms with Crippen LogP contribution in [-0.4, -0.2) is 17.3 Å². The Kier molecular flexibility index (Phi) is 1.86. The molecule has 3 nitrogen and oxygen atoms in total. The average molecular weight is 190 g/mol. The molecule has 0 amide bonds. The molecule has 2 aromatic rings. The first-order valence-electron chi connectivity index (χ1n) is 3.94. The SMILES string of the molecule is C#Cc1[nH]nc2cc(OC)c(F)cc12. The quantitative estimate of drug-likeness (QED) is 0.695. The number of ether oxygens (including phenoxy) is 1. The van der Waals surface area contributed by atoms with Gasteiger partial charge in [0.15, 0.2) is 11.6 Å². The number of hydrogen-bond acceptors (Lipinski definition) is 2. The third-order valence-corrected chi connectivity index (χ3v) is 1.97. The van der Waals surface area contributed by atoms with Crippen molar-refractivity contribution in [2.75, 3.05) is 7.11 Å². The van der Waals surface area contributed by atoms with E-state index in [0.717, 1.165) is 0 Å². The van der Waals surface area contributed by atoms with Crippen molar-refractivity contribution < 1.29 is 9.13 Å². The van der Waals surface area contributed by atoms with E-state index in [9.17, 15) is 4.39 Å². The van der Waals surface area contributed by atoms with E-state index < -0.39 is 5.82 Å². The molecule has 0 spiro atoms. The minimum atomic E-state index is -0.446. The predicted octanol–water partition coefficient (Wildman–Crippen LogP) is 1.69. The van der Waals surface area contributed by atoms with Gasteiger partial charge in [0.2, 0.25) is 0 Å². The van der Waals surface area contributed by atoms with Crippen molar-refractivity contribution >= 4 is 10.9 Å². The van der Waals surface area contributed by atoms with Crippen molar-refractivity contribution in [3.8, 4) is 18.1 Å². The second-order valence-corrected chi connectivity index (χ2v) is 2.75. The van der Waals surface area contributed by atoms with Gasteiger partial charge in [0.05, 0.1) is 12.6 Å². The predicted molar refractivity (Wildman–Crippen MR) is 50.5 cm³/mol. The molecule has 0 aliphatic heterocycles. The van der Waals surface area contributed by atoms with Gasteiger partial charge >= 0.3 is 0 Å². The maximum absolute atomic E-state index is 13.3. The summed E-state index contributed by atoms with van der Waals surface area (Å²) >= 11 is 0. The second kappa shape index (κ2) is 3.04. The van der Waals surface area contributed by atoms with E-state index in [1.165, 1.54) is 19.2 Å². The number of aromatic nitrogens is 2.